The third-order valence-corrected chi connectivity index (χ3v) is 4.18. The molecule has 2 rings (SSSR count). The van der Waals surface area contributed by atoms with Gasteiger partial charge in [0.2, 0.25) is 0 Å². The lowest BCUT2D eigenvalue weighted by molar-refractivity contribution is 0.0520. The van der Waals surface area contributed by atoms with Crippen molar-refractivity contribution in [2.45, 2.75) is 26.7 Å². The summed E-state index contributed by atoms with van der Waals surface area (Å²) in [5, 5.41) is 0. The molecule has 0 atom stereocenters. The SMILES string of the molecule is C=C(C)CCOc1cc(OC)cc(CC(=O)c2ccc(F)cc2)c1C(=O)OCC. The van der Waals surface area contributed by atoms with Crippen molar-refractivity contribution in [1.29, 1.82) is 0 Å². The van der Waals surface area contributed by atoms with Crippen molar-refractivity contribution < 1.29 is 28.2 Å². The maximum Gasteiger partial charge on any atom is 0.342 e. The van der Waals surface area contributed by atoms with E-state index in [1.54, 1.807) is 19.1 Å². The zero-order valence-electron chi connectivity index (χ0n) is 16.9. The van der Waals surface area contributed by atoms with E-state index in [4.69, 9.17) is 14.2 Å². The van der Waals surface area contributed by atoms with Crippen LogP contribution in [0.3, 0.4) is 0 Å². The van der Waals surface area contributed by atoms with Crippen molar-refractivity contribution in [2.75, 3.05) is 20.3 Å². The highest BCUT2D eigenvalue weighted by Gasteiger charge is 2.23. The Labute approximate surface area is 170 Å². The molecule has 0 heterocycles. The van der Waals surface area contributed by atoms with Gasteiger partial charge in [-0.25, -0.2) is 9.18 Å². The van der Waals surface area contributed by atoms with Gasteiger partial charge in [0.1, 0.15) is 22.9 Å². The lowest BCUT2D eigenvalue weighted by Gasteiger charge is -2.16. The van der Waals surface area contributed by atoms with Crippen LogP contribution in [0.25, 0.3) is 0 Å². The van der Waals surface area contributed by atoms with Gasteiger partial charge in [-0.1, -0.05) is 5.57 Å². The summed E-state index contributed by atoms with van der Waals surface area (Å²) in [4.78, 5) is 25.3. The minimum Gasteiger partial charge on any atom is -0.497 e. The minimum absolute atomic E-state index is 0.0895. The number of hydrogen-bond acceptors (Lipinski definition) is 5. The van der Waals surface area contributed by atoms with E-state index in [1.165, 1.54) is 31.4 Å². The molecular weight excluding hydrogens is 375 g/mol. The monoisotopic (exact) mass is 400 g/mol. The summed E-state index contributed by atoms with van der Waals surface area (Å²) >= 11 is 0. The number of carbonyl (C=O) groups excluding carboxylic acids is 2. The zero-order valence-corrected chi connectivity index (χ0v) is 16.9. The van der Waals surface area contributed by atoms with Gasteiger partial charge in [-0.3, -0.25) is 4.79 Å². The van der Waals surface area contributed by atoms with E-state index >= 15 is 0 Å². The van der Waals surface area contributed by atoms with Crippen LogP contribution in [0.5, 0.6) is 11.5 Å². The lowest BCUT2D eigenvalue weighted by atomic mass is 9.97. The van der Waals surface area contributed by atoms with E-state index in [0.29, 0.717) is 29.9 Å². The van der Waals surface area contributed by atoms with Crippen LogP contribution in [-0.2, 0) is 11.2 Å². The normalized spacial score (nSPS) is 10.3. The summed E-state index contributed by atoms with van der Waals surface area (Å²) in [6.07, 6.45) is 0.525. The first-order valence-electron chi connectivity index (χ1n) is 9.29. The highest BCUT2D eigenvalue weighted by molar-refractivity contribution is 6.01. The van der Waals surface area contributed by atoms with Crippen LogP contribution in [-0.4, -0.2) is 32.1 Å². The predicted octanol–water partition coefficient (Wildman–Crippen LogP) is 4.78. The van der Waals surface area contributed by atoms with Crippen molar-refractivity contribution >= 4 is 11.8 Å². The number of rotatable bonds is 10. The predicted molar refractivity (Wildman–Crippen MR) is 108 cm³/mol. The molecular formula is C23H25FO5. The van der Waals surface area contributed by atoms with Crippen LogP contribution < -0.4 is 9.47 Å². The Balaban J connectivity index is 2.43. The Hall–Kier alpha value is -3.15. The number of carbonyl (C=O) groups is 2. The third-order valence-electron chi connectivity index (χ3n) is 4.18. The molecule has 0 radical (unpaired) electrons. The van der Waals surface area contributed by atoms with E-state index in [-0.39, 0.29) is 30.1 Å². The largest absolute Gasteiger partial charge is 0.497 e. The summed E-state index contributed by atoms with van der Waals surface area (Å²) in [5.41, 5.74) is 1.89. The minimum atomic E-state index is -0.581. The van der Waals surface area contributed by atoms with Gasteiger partial charge < -0.3 is 14.2 Å². The van der Waals surface area contributed by atoms with Crippen molar-refractivity contribution in [1.82, 2.24) is 0 Å². The van der Waals surface area contributed by atoms with E-state index in [0.717, 1.165) is 5.57 Å². The molecule has 0 fully saturated rings. The number of benzene rings is 2. The summed E-state index contributed by atoms with van der Waals surface area (Å²) in [5.74, 6) is -0.543. The van der Waals surface area contributed by atoms with Crippen molar-refractivity contribution in [3.8, 4) is 11.5 Å². The fraction of sp³-hybridized carbons (Fsp3) is 0.304. The van der Waals surface area contributed by atoms with Crippen LogP contribution in [0.4, 0.5) is 4.39 Å². The van der Waals surface area contributed by atoms with Crippen LogP contribution in [0, 0.1) is 5.82 Å². The molecule has 0 aliphatic heterocycles. The molecule has 0 aliphatic rings. The number of esters is 1. The van der Waals surface area contributed by atoms with Crippen molar-refractivity contribution in [3.63, 3.8) is 0 Å². The molecule has 5 nitrogen and oxygen atoms in total. The molecule has 0 N–H and O–H groups in total. The summed E-state index contributed by atoms with van der Waals surface area (Å²) < 4.78 is 29.4. The molecule has 2 aromatic rings. The molecule has 0 amide bonds. The molecule has 0 aliphatic carbocycles. The Bertz CT molecular complexity index is 887. The average Bonchev–Trinajstić information content (AvgIpc) is 2.68. The van der Waals surface area contributed by atoms with Gasteiger partial charge in [-0.15, -0.1) is 6.58 Å². The van der Waals surface area contributed by atoms with Crippen LogP contribution in [0.2, 0.25) is 0 Å². The Morgan fingerprint density at radius 3 is 2.41 bits per heavy atom. The third kappa shape index (κ3) is 6.17. The van der Waals surface area contributed by atoms with Crippen molar-refractivity contribution in [2.24, 2.45) is 0 Å². The van der Waals surface area contributed by atoms with E-state index in [1.807, 2.05) is 6.92 Å². The summed E-state index contributed by atoms with van der Waals surface area (Å²) in [6.45, 7) is 7.92. The molecule has 0 unspecified atom stereocenters. The van der Waals surface area contributed by atoms with Gasteiger partial charge in [0.25, 0.3) is 0 Å². The Morgan fingerprint density at radius 2 is 1.83 bits per heavy atom. The highest BCUT2D eigenvalue weighted by Crippen LogP contribution is 2.31. The first-order chi connectivity index (χ1) is 13.8. The van der Waals surface area contributed by atoms with Gasteiger partial charge in [-0.2, -0.15) is 0 Å². The van der Waals surface area contributed by atoms with Gasteiger partial charge in [0.05, 0.1) is 20.3 Å². The average molecular weight is 400 g/mol. The summed E-state index contributed by atoms with van der Waals surface area (Å²) in [7, 11) is 1.49. The Morgan fingerprint density at radius 1 is 1.14 bits per heavy atom. The van der Waals surface area contributed by atoms with Gasteiger partial charge in [-0.05, 0) is 49.7 Å². The lowest BCUT2D eigenvalue weighted by Crippen LogP contribution is -2.15. The molecule has 29 heavy (non-hydrogen) atoms. The zero-order chi connectivity index (χ0) is 21.4. The molecule has 0 bridgehead atoms. The molecule has 0 saturated carbocycles. The second-order valence-electron chi connectivity index (χ2n) is 6.54. The maximum atomic E-state index is 13.1. The number of halogens is 1. The summed E-state index contributed by atoms with van der Waals surface area (Å²) in [6, 6.07) is 8.46. The topological polar surface area (TPSA) is 61.8 Å². The standard InChI is InChI=1S/C23H25FO5/c1-5-28-23(26)22-17(13-20(25)16-6-8-18(24)9-7-16)12-19(27-4)14-21(22)29-11-10-15(2)3/h6-9,12,14H,2,5,10-11,13H2,1,3-4H3. The number of Topliss-reactive ketones (excluding diaryl/α,β-unsaturated/α-hetero) is 1. The fourth-order valence-electron chi connectivity index (χ4n) is 2.70. The van der Waals surface area contributed by atoms with Gasteiger partial charge >= 0.3 is 5.97 Å². The second-order valence-corrected chi connectivity index (χ2v) is 6.54. The molecule has 0 saturated heterocycles. The molecule has 6 heteroatoms. The first-order valence-corrected chi connectivity index (χ1v) is 9.29. The highest BCUT2D eigenvalue weighted by atomic mass is 19.1. The number of ether oxygens (including phenoxy) is 3. The molecule has 2 aromatic carbocycles. The number of methoxy groups -OCH3 is 1. The van der Waals surface area contributed by atoms with Crippen LogP contribution in [0.1, 0.15) is 46.5 Å². The van der Waals surface area contributed by atoms with E-state index in [2.05, 4.69) is 6.58 Å². The van der Waals surface area contributed by atoms with Gasteiger partial charge in [0, 0.05) is 24.5 Å². The van der Waals surface area contributed by atoms with Crippen LogP contribution in [0.15, 0.2) is 48.6 Å². The Kier molecular flexibility index (Phi) is 7.95. The van der Waals surface area contributed by atoms with E-state index < -0.39 is 11.8 Å². The number of hydrogen-bond donors (Lipinski definition) is 0. The number of ketones is 1. The molecule has 0 aromatic heterocycles. The first kappa shape index (κ1) is 22.1. The quantitative estimate of drug-likeness (QED) is 0.326. The molecule has 0 spiro atoms. The van der Waals surface area contributed by atoms with Gasteiger partial charge in [0.15, 0.2) is 5.78 Å². The second kappa shape index (κ2) is 10.4. The fourth-order valence-corrected chi connectivity index (χ4v) is 2.70. The smallest absolute Gasteiger partial charge is 0.342 e. The van der Waals surface area contributed by atoms with E-state index in [9.17, 15) is 14.0 Å². The maximum absolute atomic E-state index is 13.1. The van der Waals surface area contributed by atoms with Crippen molar-refractivity contribution in [3.05, 3.63) is 71.1 Å². The van der Waals surface area contributed by atoms with Crippen LogP contribution >= 0.6 is 0 Å². The molecule has 154 valence electrons.